The molecule has 2 aromatic carbocycles. The SMILES string of the molecule is Cc1cc([N+](=O)[O-])cc(S(=O)(=O)NCC(C)(C)NC(C)c2ccccc2)c1C. The zero-order valence-corrected chi connectivity index (χ0v) is 17.6. The van der Waals surface area contributed by atoms with Gasteiger partial charge in [-0.15, -0.1) is 0 Å². The van der Waals surface area contributed by atoms with E-state index in [4.69, 9.17) is 0 Å². The zero-order chi connectivity index (χ0) is 21.1. The fourth-order valence-electron chi connectivity index (χ4n) is 3.01. The summed E-state index contributed by atoms with van der Waals surface area (Å²) in [6.45, 7) is 9.26. The van der Waals surface area contributed by atoms with Crippen LogP contribution in [0.3, 0.4) is 0 Å². The van der Waals surface area contributed by atoms with E-state index in [0.717, 1.165) is 11.6 Å². The number of non-ortho nitro benzene ring substituents is 1. The zero-order valence-electron chi connectivity index (χ0n) is 16.8. The number of benzene rings is 2. The Kier molecular flexibility index (Phi) is 6.59. The molecule has 2 rings (SSSR count). The molecule has 28 heavy (non-hydrogen) atoms. The van der Waals surface area contributed by atoms with Crippen molar-refractivity contribution < 1.29 is 13.3 Å². The Morgan fingerprint density at radius 1 is 1.14 bits per heavy atom. The second-order valence-corrected chi connectivity index (χ2v) is 9.36. The predicted octanol–water partition coefficient (Wildman–Crippen LogP) is 3.62. The van der Waals surface area contributed by atoms with Crippen molar-refractivity contribution in [2.75, 3.05) is 6.54 Å². The van der Waals surface area contributed by atoms with Gasteiger partial charge < -0.3 is 5.32 Å². The average Bonchev–Trinajstić information content (AvgIpc) is 2.62. The maximum Gasteiger partial charge on any atom is 0.271 e. The van der Waals surface area contributed by atoms with Crippen LogP contribution in [0, 0.1) is 24.0 Å². The van der Waals surface area contributed by atoms with E-state index in [9.17, 15) is 18.5 Å². The third-order valence-corrected chi connectivity index (χ3v) is 6.24. The summed E-state index contributed by atoms with van der Waals surface area (Å²) in [7, 11) is -3.90. The third kappa shape index (κ3) is 5.37. The first-order chi connectivity index (χ1) is 12.9. The molecule has 0 amide bonds. The minimum atomic E-state index is -3.90. The minimum Gasteiger partial charge on any atom is -0.304 e. The van der Waals surface area contributed by atoms with Gasteiger partial charge in [0.25, 0.3) is 5.69 Å². The first-order valence-electron chi connectivity index (χ1n) is 9.01. The number of nitro groups is 1. The van der Waals surface area contributed by atoms with E-state index in [-0.39, 0.29) is 23.2 Å². The Bertz CT molecular complexity index is 957. The quantitative estimate of drug-likeness (QED) is 0.516. The highest BCUT2D eigenvalue weighted by atomic mass is 32.2. The van der Waals surface area contributed by atoms with Gasteiger partial charge in [-0.3, -0.25) is 10.1 Å². The van der Waals surface area contributed by atoms with Crippen LogP contribution in [0.2, 0.25) is 0 Å². The predicted molar refractivity (Wildman–Crippen MR) is 110 cm³/mol. The molecule has 7 nitrogen and oxygen atoms in total. The van der Waals surface area contributed by atoms with Crippen molar-refractivity contribution in [3.8, 4) is 0 Å². The van der Waals surface area contributed by atoms with E-state index >= 15 is 0 Å². The molecule has 2 aromatic rings. The number of sulfonamides is 1. The van der Waals surface area contributed by atoms with Crippen molar-refractivity contribution in [2.24, 2.45) is 0 Å². The molecule has 0 aromatic heterocycles. The topological polar surface area (TPSA) is 101 Å². The van der Waals surface area contributed by atoms with Crippen LogP contribution in [0.15, 0.2) is 47.4 Å². The fourth-order valence-corrected chi connectivity index (χ4v) is 4.55. The Hall–Kier alpha value is -2.29. The Morgan fingerprint density at radius 2 is 1.75 bits per heavy atom. The number of nitrogens with one attached hydrogen (secondary N) is 2. The highest BCUT2D eigenvalue weighted by molar-refractivity contribution is 7.89. The summed E-state index contributed by atoms with van der Waals surface area (Å²) in [5.74, 6) is 0. The first-order valence-corrected chi connectivity index (χ1v) is 10.5. The number of nitro benzene ring substituents is 1. The molecule has 0 aliphatic heterocycles. The van der Waals surface area contributed by atoms with E-state index in [1.807, 2.05) is 51.1 Å². The van der Waals surface area contributed by atoms with E-state index in [2.05, 4.69) is 10.0 Å². The van der Waals surface area contributed by atoms with Crippen molar-refractivity contribution in [2.45, 2.75) is 51.1 Å². The van der Waals surface area contributed by atoms with Crippen LogP contribution in [-0.4, -0.2) is 25.4 Å². The van der Waals surface area contributed by atoms with Gasteiger partial charge in [-0.2, -0.15) is 0 Å². The van der Waals surface area contributed by atoms with Gasteiger partial charge in [-0.05, 0) is 51.3 Å². The second-order valence-electron chi connectivity index (χ2n) is 7.63. The molecule has 1 atom stereocenters. The van der Waals surface area contributed by atoms with Crippen LogP contribution in [0.5, 0.6) is 0 Å². The lowest BCUT2D eigenvalue weighted by atomic mass is 10.0. The summed E-state index contributed by atoms with van der Waals surface area (Å²) in [6, 6.07) is 12.4. The molecule has 0 heterocycles. The van der Waals surface area contributed by atoms with E-state index in [1.54, 1.807) is 13.8 Å². The summed E-state index contributed by atoms with van der Waals surface area (Å²) in [6.07, 6.45) is 0. The van der Waals surface area contributed by atoms with Crippen LogP contribution in [0.4, 0.5) is 5.69 Å². The van der Waals surface area contributed by atoms with Crippen molar-refractivity contribution in [3.63, 3.8) is 0 Å². The molecule has 2 N–H and O–H groups in total. The molecule has 0 spiro atoms. The number of aryl methyl sites for hydroxylation is 1. The molecule has 0 aliphatic carbocycles. The average molecular weight is 406 g/mol. The van der Waals surface area contributed by atoms with Crippen LogP contribution in [0.1, 0.15) is 43.5 Å². The molecule has 0 saturated heterocycles. The fraction of sp³-hybridized carbons (Fsp3) is 0.400. The molecule has 0 saturated carbocycles. The summed E-state index contributed by atoms with van der Waals surface area (Å²) in [5.41, 5.74) is 1.39. The summed E-state index contributed by atoms with van der Waals surface area (Å²) < 4.78 is 28.2. The second kappa shape index (κ2) is 8.38. The number of hydrogen-bond acceptors (Lipinski definition) is 5. The molecule has 152 valence electrons. The van der Waals surface area contributed by atoms with Crippen LogP contribution < -0.4 is 10.0 Å². The molecule has 0 radical (unpaired) electrons. The highest BCUT2D eigenvalue weighted by Crippen LogP contribution is 2.25. The van der Waals surface area contributed by atoms with E-state index in [0.29, 0.717) is 11.1 Å². The van der Waals surface area contributed by atoms with Crippen molar-refractivity contribution in [1.82, 2.24) is 10.0 Å². The maximum absolute atomic E-state index is 12.8. The number of rotatable bonds is 8. The Balaban J connectivity index is 2.17. The van der Waals surface area contributed by atoms with Gasteiger partial charge in [0.15, 0.2) is 0 Å². The maximum atomic E-state index is 12.8. The van der Waals surface area contributed by atoms with Gasteiger partial charge in [0.05, 0.1) is 9.82 Å². The summed E-state index contributed by atoms with van der Waals surface area (Å²) in [4.78, 5) is 10.4. The van der Waals surface area contributed by atoms with Crippen molar-refractivity contribution >= 4 is 15.7 Å². The molecule has 0 bridgehead atoms. The van der Waals surface area contributed by atoms with Gasteiger partial charge in [-0.25, -0.2) is 13.1 Å². The normalized spacial score (nSPS) is 13.3. The van der Waals surface area contributed by atoms with Gasteiger partial charge in [0.2, 0.25) is 10.0 Å². The van der Waals surface area contributed by atoms with Crippen molar-refractivity contribution in [1.29, 1.82) is 0 Å². The third-order valence-electron chi connectivity index (χ3n) is 4.72. The molecular formula is C20H27N3O4S. The van der Waals surface area contributed by atoms with Crippen LogP contribution >= 0.6 is 0 Å². The van der Waals surface area contributed by atoms with Crippen molar-refractivity contribution in [3.05, 3.63) is 69.3 Å². The summed E-state index contributed by atoms with van der Waals surface area (Å²) in [5, 5.41) is 14.5. The molecule has 8 heteroatoms. The van der Waals surface area contributed by atoms with E-state index < -0.39 is 20.5 Å². The van der Waals surface area contributed by atoms with Crippen LogP contribution in [-0.2, 0) is 10.0 Å². The molecular weight excluding hydrogens is 378 g/mol. The first kappa shape index (κ1) is 22.0. The lowest BCUT2D eigenvalue weighted by Gasteiger charge is -2.31. The number of hydrogen-bond donors (Lipinski definition) is 2. The molecule has 1 unspecified atom stereocenters. The Labute approximate surface area is 166 Å². The summed E-state index contributed by atoms with van der Waals surface area (Å²) >= 11 is 0. The highest BCUT2D eigenvalue weighted by Gasteiger charge is 2.27. The van der Waals surface area contributed by atoms with Gasteiger partial charge in [0, 0.05) is 30.3 Å². The number of nitrogens with zero attached hydrogens (tertiary/aromatic N) is 1. The standard InChI is InChI=1S/C20H27N3O4S/c1-14-11-18(23(24)25)12-19(15(14)2)28(26,27)21-13-20(4,5)22-16(3)17-9-7-6-8-10-17/h6-12,16,21-22H,13H2,1-5H3. The van der Waals surface area contributed by atoms with Gasteiger partial charge in [-0.1, -0.05) is 30.3 Å². The largest absolute Gasteiger partial charge is 0.304 e. The smallest absolute Gasteiger partial charge is 0.271 e. The minimum absolute atomic E-state index is 0.0301. The molecule has 0 aliphatic rings. The van der Waals surface area contributed by atoms with Crippen LogP contribution in [0.25, 0.3) is 0 Å². The lowest BCUT2D eigenvalue weighted by Crippen LogP contribution is -2.49. The lowest BCUT2D eigenvalue weighted by molar-refractivity contribution is -0.385. The molecule has 0 fully saturated rings. The van der Waals surface area contributed by atoms with E-state index in [1.165, 1.54) is 6.07 Å². The monoisotopic (exact) mass is 405 g/mol. The van der Waals surface area contributed by atoms with Gasteiger partial charge >= 0.3 is 0 Å². The van der Waals surface area contributed by atoms with Gasteiger partial charge in [0.1, 0.15) is 0 Å². The Morgan fingerprint density at radius 3 is 2.32 bits per heavy atom.